The van der Waals surface area contributed by atoms with Crippen LogP contribution in [-0.2, 0) is 9.53 Å². The average Bonchev–Trinajstić information content (AvgIpc) is 2.49. The van der Waals surface area contributed by atoms with Crippen LogP contribution in [0.2, 0.25) is 0 Å². The van der Waals surface area contributed by atoms with Crippen LogP contribution in [0, 0.1) is 11.8 Å². The third-order valence-electron chi connectivity index (χ3n) is 3.57. The van der Waals surface area contributed by atoms with Crippen molar-refractivity contribution < 1.29 is 9.53 Å². The summed E-state index contributed by atoms with van der Waals surface area (Å²) in [5.41, 5.74) is 0. The third-order valence-corrected chi connectivity index (χ3v) is 3.57. The van der Waals surface area contributed by atoms with Crippen molar-refractivity contribution in [2.24, 2.45) is 11.8 Å². The van der Waals surface area contributed by atoms with E-state index < -0.39 is 0 Å². The summed E-state index contributed by atoms with van der Waals surface area (Å²) in [5.74, 6) is 1.70. The Morgan fingerprint density at radius 3 is 2.69 bits per heavy atom. The number of carbonyl (C=O) groups is 1. The Morgan fingerprint density at radius 2 is 1.92 bits per heavy atom. The Bertz CT molecular complexity index is 200. The zero-order valence-corrected chi connectivity index (χ0v) is 8.29. The minimum absolute atomic E-state index is 0.110. The lowest BCUT2D eigenvalue weighted by atomic mass is 9.80. The second-order valence-corrected chi connectivity index (χ2v) is 4.50. The van der Waals surface area contributed by atoms with E-state index >= 15 is 0 Å². The Morgan fingerprint density at radius 1 is 1.15 bits per heavy atom. The topological polar surface area (TPSA) is 26.3 Å². The third kappa shape index (κ3) is 2.04. The molecule has 0 spiro atoms. The van der Waals surface area contributed by atoms with Crippen LogP contribution in [0.3, 0.4) is 0 Å². The molecule has 0 bridgehead atoms. The largest absolute Gasteiger partial charge is 0.463 e. The van der Waals surface area contributed by atoms with E-state index in [1.54, 1.807) is 0 Å². The summed E-state index contributed by atoms with van der Waals surface area (Å²) >= 11 is 0. The molecule has 0 aromatic carbocycles. The van der Waals surface area contributed by atoms with Crippen LogP contribution in [0.25, 0.3) is 0 Å². The van der Waals surface area contributed by atoms with Crippen molar-refractivity contribution in [3.8, 4) is 0 Å². The Hall–Kier alpha value is -0.530. The van der Waals surface area contributed by atoms with Crippen LogP contribution in [0.15, 0.2) is 0 Å². The molecule has 0 aliphatic heterocycles. The van der Waals surface area contributed by atoms with Gasteiger partial charge in [-0.15, -0.1) is 0 Å². The molecule has 0 N–H and O–H groups in total. The van der Waals surface area contributed by atoms with Crippen LogP contribution in [0.5, 0.6) is 0 Å². The number of hydrogen-bond donors (Lipinski definition) is 0. The maximum absolute atomic E-state index is 10.8. The first kappa shape index (κ1) is 9.04. The van der Waals surface area contributed by atoms with Crippen molar-refractivity contribution in [1.29, 1.82) is 0 Å². The molecule has 0 heterocycles. The molecule has 0 radical (unpaired) electrons. The fraction of sp³-hybridized carbons (Fsp3) is 0.909. The molecule has 13 heavy (non-hydrogen) atoms. The molecule has 74 valence electrons. The predicted octanol–water partition coefficient (Wildman–Crippen LogP) is 2.52. The summed E-state index contributed by atoms with van der Waals surface area (Å²) in [4.78, 5) is 10.8. The van der Waals surface area contributed by atoms with Gasteiger partial charge in [0.05, 0.1) is 0 Å². The predicted molar refractivity (Wildman–Crippen MR) is 50.2 cm³/mol. The summed E-state index contributed by atoms with van der Waals surface area (Å²) in [5, 5.41) is 0. The van der Waals surface area contributed by atoms with Gasteiger partial charge in [0.25, 0.3) is 0 Å². The molecular weight excluding hydrogens is 164 g/mol. The van der Waals surface area contributed by atoms with Crippen LogP contribution in [0.1, 0.15) is 45.4 Å². The number of hydrogen-bond acceptors (Lipinski definition) is 2. The van der Waals surface area contributed by atoms with Gasteiger partial charge in [-0.3, -0.25) is 4.79 Å². The first-order valence-electron chi connectivity index (χ1n) is 5.43. The smallest absolute Gasteiger partial charge is 0.302 e. The summed E-state index contributed by atoms with van der Waals surface area (Å²) in [6, 6.07) is 0. The van der Waals surface area contributed by atoms with E-state index in [2.05, 4.69) is 0 Å². The summed E-state index contributed by atoms with van der Waals surface area (Å²) in [6.07, 6.45) is 7.91. The highest BCUT2D eigenvalue weighted by Gasteiger charge is 2.34. The quantitative estimate of drug-likeness (QED) is 0.582. The number of rotatable bonds is 1. The lowest BCUT2D eigenvalue weighted by Gasteiger charge is -2.31. The van der Waals surface area contributed by atoms with Crippen LogP contribution in [0.4, 0.5) is 0 Å². The number of esters is 1. The molecule has 3 atom stereocenters. The van der Waals surface area contributed by atoms with Gasteiger partial charge in [0.15, 0.2) is 0 Å². The molecule has 2 heteroatoms. The van der Waals surface area contributed by atoms with Gasteiger partial charge in [-0.2, -0.15) is 0 Å². The van der Waals surface area contributed by atoms with Gasteiger partial charge < -0.3 is 4.74 Å². The fourth-order valence-corrected chi connectivity index (χ4v) is 3.00. The van der Waals surface area contributed by atoms with E-state index in [9.17, 15) is 4.79 Å². The summed E-state index contributed by atoms with van der Waals surface area (Å²) < 4.78 is 5.26. The van der Waals surface area contributed by atoms with Gasteiger partial charge in [-0.05, 0) is 31.1 Å². The molecule has 2 nitrogen and oxygen atoms in total. The molecule has 2 saturated carbocycles. The first-order chi connectivity index (χ1) is 6.25. The molecule has 0 saturated heterocycles. The van der Waals surface area contributed by atoms with Crippen molar-refractivity contribution in [3.63, 3.8) is 0 Å². The van der Waals surface area contributed by atoms with E-state index in [0.29, 0.717) is 0 Å². The van der Waals surface area contributed by atoms with Crippen molar-refractivity contribution in [1.82, 2.24) is 0 Å². The average molecular weight is 182 g/mol. The highest BCUT2D eigenvalue weighted by Crippen LogP contribution is 2.42. The highest BCUT2D eigenvalue weighted by atomic mass is 16.5. The first-order valence-corrected chi connectivity index (χ1v) is 5.43. The number of carbonyl (C=O) groups excluding carboxylic acids is 1. The highest BCUT2D eigenvalue weighted by molar-refractivity contribution is 5.66. The molecule has 0 aromatic heterocycles. The van der Waals surface area contributed by atoms with Gasteiger partial charge in [0.2, 0.25) is 0 Å². The van der Waals surface area contributed by atoms with Gasteiger partial charge in [-0.25, -0.2) is 0 Å². The Balaban J connectivity index is 1.86. The SMILES string of the molecule is CC(=O)O[C@H]1CC[C@H]2CCC[C@@H]2C1. The van der Waals surface area contributed by atoms with Gasteiger partial charge >= 0.3 is 5.97 Å². The maximum atomic E-state index is 10.8. The zero-order valence-electron chi connectivity index (χ0n) is 8.29. The molecule has 0 unspecified atom stereocenters. The second-order valence-electron chi connectivity index (χ2n) is 4.50. The molecule has 2 aliphatic carbocycles. The Kier molecular flexibility index (Phi) is 2.56. The lowest BCUT2D eigenvalue weighted by molar-refractivity contribution is -0.149. The van der Waals surface area contributed by atoms with Crippen LogP contribution >= 0.6 is 0 Å². The second kappa shape index (κ2) is 3.69. The zero-order chi connectivity index (χ0) is 9.26. The van der Waals surface area contributed by atoms with E-state index in [1.165, 1.54) is 32.6 Å². The molecule has 2 aliphatic rings. The molecule has 2 fully saturated rings. The van der Waals surface area contributed by atoms with Crippen molar-refractivity contribution >= 4 is 5.97 Å². The van der Waals surface area contributed by atoms with Gasteiger partial charge in [-0.1, -0.05) is 19.3 Å². The molecule has 0 amide bonds. The standard InChI is InChI=1S/C11H18O2/c1-8(12)13-11-6-5-9-3-2-4-10(9)7-11/h9-11H,2-7H2,1H3/t9-,10-,11+/m1/s1. The summed E-state index contributed by atoms with van der Waals surface area (Å²) in [7, 11) is 0. The minimum atomic E-state index is -0.110. The molecule has 2 rings (SSSR count). The van der Waals surface area contributed by atoms with E-state index in [-0.39, 0.29) is 12.1 Å². The van der Waals surface area contributed by atoms with Gasteiger partial charge in [0.1, 0.15) is 6.10 Å². The van der Waals surface area contributed by atoms with Crippen molar-refractivity contribution in [2.45, 2.75) is 51.6 Å². The minimum Gasteiger partial charge on any atom is -0.463 e. The molecular formula is C11H18O2. The lowest BCUT2D eigenvalue weighted by Crippen LogP contribution is -2.27. The number of fused-ring (bicyclic) bond motifs is 1. The van der Waals surface area contributed by atoms with Gasteiger partial charge in [0, 0.05) is 6.92 Å². The normalized spacial score (nSPS) is 38.4. The van der Waals surface area contributed by atoms with Crippen LogP contribution in [-0.4, -0.2) is 12.1 Å². The van der Waals surface area contributed by atoms with Crippen molar-refractivity contribution in [2.75, 3.05) is 0 Å². The number of ether oxygens (including phenoxy) is 1. The molecule has 0 aromatic rings. The fourth-order valence-electron chi connectivity index (χ4n) is 3.00. The van der Waals surface area contributed by atoms with E-state index in [0.717, 1.165) is 24.7 Å². The maximum Gasteiger partial charge on any atom is 0.302 e. The van der Waals surface area contributed by atoms with Crippen molar-refractivity contribution in [3.05, 3.63) is 0 Å². The summed E-state index contributed by atoms with van der Waals surface area (Å²) in [6.45, 7) is 1.51. The monoisotopic (exact) mass is 182 g/mol. The van der Waals surface area contributed by atoms with E-state index in [1.807, 2.05) is 0 Å². The van der Waals surface area contributed by atoms with Crippen LogP contribution < -0.4 is 0 Å². The Labute approximate surface area is 79.7 Å². The van der Waals surface area contributed by atoms with E-state index in [4.69, 9.17) is 4.74 Å².